The molecular weight excluding hydrogens is 344 g/mol. The Morgan fingerprint density at radius 3 is 2.44 bits per heavy atom. The molecule has 0 aromatic carbocycles. The number of likely N-dealkylation sites (tertiary alicyclic amines) is 1. The van der Waals surface area contributed by atoms with Crippen LogP contribution in [0.5, 0.6) is 0 Å². The Balaban J connectivity index is 1.93. The number of carbonyl (C=O) groups is 1. The van der Waals surface area contributed by atoms with Crippen LogP contribution in [0.2, 0.25) is 0 Å². The third-order valence-corrected chi connectivity index (χ3v) is 5.50. The van der Waals surface area contributed by atoms with E-state index < -0.39 is 10.0 Å². The smallest absolute Gasteiger partial charge is 0.229 e. The van der Waals surface area contributed by atoms with E-state index in [0.29, 0.717) is 43.6 Å². The van der Waals surface area contributed by atoms with Crippen LogP contribution in [0.4, 0.5) is 0 Å². The number of amides is 1. The van der Waals surface area contributed by atoms with Crippen molar-refractivity contribution in [1.82, 2.24) is 19.3 Å². The second-order valence-electron chi connectivity index (χ2n) is 7.38. The third-order valence-electron chi connectivity index (χ3n) is 4.16. The normalized spacial score (nSPS) is 16.1. The van der Waals surface area contributed by atoms with Gasteiger partial charge >= 0.3 is 0 Å². The zero-order valence-electron chi connectivity index (χ0n) is 15.6. The number of sulfonamides is 1. The molecule has 1 aromatic rings. The summed E-state index contributed by atoms with van der Waals surface area (Å²) in [6.45, 7) is 9.08. The van der Waals surface area contributed by atoms with Gasteiger partial charge in [0.1, 0.15) is 0 Å². The first-order valence-electron chi connectivity index (χ1n) is 8.65. The molecule has 142 valence electrons. The zero-order valence-corrected chi connectivity index (χ0v) is 16.4. The Hall–Kier alpha value is -1.48. The van der Waals surface area contributed by atoms with Crippen molar-refractivity contribution >= 4 is 15.9 Å². The third kappa shape index (κ3) is 5.24. The van der Waals surface area contributed by atoms with E-state index in [0.717, 1.165) is 0 Å². The van der Waals surface area contributed by atoms with Crippen molar-refractivity contribution in [2.45, 2.75) is 52.5 Å². The highest BCUT2D eigenvalue weighted by atomic mass is 32.2. The van der Waals surface area contributed by atoms with Gasteiger partial charge in [-0.15, -0.1) is 0 Å². The highest BCUT2D eigenvalue weighted by Gasteiger charge is 2.38. The molecule has 1 aliphatic rings. The Labute approximate surface area is 149 Å². The summed E-state index contributed by atoms with van der Waals surface area (Å²) in [6.07, 6.45) is 2.08. The summed E-state index contributed by atoms with van der Waals surface area (Å²) in [5, 5.41) is 3.90. The van der Waals surface area contributed by atoms with Crippen molar-refractivity contribution in [3.05, 3.63) is 11.7 Å². The molecule has 25 heavy (non-hydrogen) atoms. The Morgan fingerprint density at radius 2 is 1.96 bits per heavy atom. The Morgan fingerprint density at radius 1 is 1.32 bits per heavy atom. The van der Waals surface area contributed by atoms with Crippen molar-refractivity contribution in [2.75, 3.05) is 25.9 Å². The minimum atomic E-state index is -3.37. The van der Waals surface area contributed by atoms with Gasteiger partial charge in [0.15, 0.2) is 5.82 Å². The van der Waals surface area contributed by atoms with Gasteiger partial charge in [-0.3, -0.25) is 4.79 Å². The molecule has 0 saturated carbocycles. The van der Waals surface area contributed by atoms with Crippen LogP contribution < -0.4 is 0 Å². The summed E-state index contributed by atoms with van der Waals surface area (Å²) in [5.74, 6) is 1.57. The fraction of sp³-hybridized carbons (Fsp3) is 0.812. The van der Waals surface area contributed by atoms with Gasteiger partial charge in [0.05, 0.1) is 12.3 Å². The van der Waals surface area contributed by atoms with Crippen LogP contribution in [0.15, 0.2) is 4.52 Å². The first kappa shape index (κ1) is 19.8. The van der Waals surface area contributed by atoms with E-state index in [2.05, 4.69) is 10.1 Å². The van der Waals surface area contributed by atoms with Crippen LogP contribution in [0.3, 0.4) is 0 Å². The summed E-state index contributed by atoms with van der Waals surface area (Å²) >= 11 is 0. The fourth-order valence-electron chi connectivity index (χ4n) is 2.75. The molecule has 0 radical (unpaired) electrons. The summed E-state index contributed by atoms with van der Waals surface area (Å²) in [5.41, 5.74) is 0. The van der Waals surface area contributed by atoms with Gasteiger partial charge in [-0.05, 0) is 5.92 Å². The summed E-state index contributed by atoms with van der Waals surface area (Å²) in [6, 6.07) is -0.178. The maximum Gasteiger partial charge on any atom is 0.229 e. The predicted octanol–water partition coefficient (Wildman–Crippen LogP) is 1.25. The number of rotatable bonds is 8. The fourth-order valence-corrected chi connectivity index (χ4v) is 3.85. The van der Waals surface area contributed by atoms with Gasteiger partial charge in [0, 0.05) is 38.4 Å². The molecule has 0 spiro atoms. The van der Waals surface area contributed by atoms with Gasteiger partial charge < -0.3 is 9.42 Å². The first-order chi connectivity index (χ1) is 11.6. The van der Waals surface area contributed by atoms with E-state index in [4.69, 9.17) is 4.52 Å². The van der Waals surface area contributed by atoms with Crippen molar-refractivity contribution in [1.29, 1.82) is 0 Å². The van der Waals surface area contributed by atoms with Crippen LogP contribution in [0, 0.1) is 5.92 Å². The average Bonchev–Trinajstić information content (AvgIpc) is 2.87. The highest BCUT2D eigenvalue weighted by Crippen LogP contribution is 2.20. The maximum atomic E-state index is 12.1. The topological polar surface area (TPSA) is 96.6 Å². The largest absolute Gasteiger partial charge is 0.339 e. The first-order valence-corrected chi connectivity index (χ1v) is 10.5. The van der Waals surface area contributed by atoms with E-state index in [1.807, 2.05) is 27.7 Å². The quantitative estimate of drug-likeness (QED) is 0.681. The molecule has 9 heteroatoms. The molecule has 1 aliphatic heterocycles. The van der Waals surface area contributed by atoms with E-state index in [-0.39, 0.29) is 24.4 Å². The van der Waals surface area contributed by atoms with Gasteiger partial charge in [0.2, 0.25) is 21.8 Å². The number of hydrogen-bond acceptors (Lipinski definition) is 6. The molecule has 1 aromatic heterocycles. The molecule has 0 atom stereocenters. The van der Waals surface area contributed by atoms with Crippen LogP contribution in [0.25, 0.3) is 0 Å². The second-order valence-corrected chi connectivity index (χ2v) is 9.31. The van der Waals surface area contributed by atoms with E-state index >= 15 is 0 Å². The molecule has 1 amide bonds. The zero-order chi connectivity index (χ0) is 18.8. The molecule has 0 N–H and O–H groups in total. The molecule has 2 rings (SSSR count). The van der Waals surface area contributed by atoms with Gasteiger partial charge in [-0.1, -0.05) is 32.9 Å². The minimum Gasteiger partial charge on any atom is -0.339 e. The number of aromatic nitrogens is 2. The summed E-state index contributed by atoms with van der Waals surface area (Å²) in [7, 11) is -3.37. The van der Waals surface area contributed by atoms with Crippen molar-refractivity contribution in [3.8, 4) is 0 Å². The van der Waals surface area contributed by atoms with Crippen LogP contribution in [-0.2, 0) is 21.2 Å². The van der Waals surface area contributed by atoms with Gasteiger partial charge in [0.25, 0.3) is 0 Å². The average molecular weight is 372 g/mol. The maximum absolute atomic E-state index is 12.1. The lowest BCUT2D eigenvalue weighted by molar-refractivity contribution is -0.138. The molecule has 8 nitrogen and oxygen atoms in total. The predicted molar refractivity (Wildman–Crippen MR) is 93.5 cm³/mol. The molecular formula is C16H28N4O4S. The number of hydrogen-bond donors (Lipinski definition) is 0. The molecule has 2 heterocycles. The van der Waals surface area contributed by atoms with Crippen molar-refractivity contribution in [2.24, 2.45) is 5.92 Å². The van der Waals surface area contributed by atoms with Crippen molar-refractivity contribution in [3.63, 3.8) is 0 Å². The highest BCUT2D eigenvalue weighted by molar-refractivity contribution is 7.88. The second kappa shape index (κ2) is 7.82. The number of nitrogens with zero attached hydrogens (tertiary/aromatic N) is 4. The lowest BCUT2D eigenvalue weighted by atomic mass is 10.0. The van der Waals surface area contributed by atoms with Gasteiger partial charge in [-0.2, -0.15) is 9.29 Å². The molecule has 0 aliphatic carbocycles. The monoisotopic (exact) mass is 372 g/mol. The van der Waals surface area contributed by atoms with Crippen LogP contribution >= 0.6 is 0 Å². The lowest BCUT2D eigenvalue weighted by Crippen LogP contribution is -2.62. The Kier molecular flexibility index (Phi) is 6.21. The lowest BCUT2D eigenvalue weighted by Gasteiger charge is -2.44. The Bertz CT molecular complexity index is 693. The van der Waals surface area contributed by atoms with E-state index in [9.17, 15) is 13.2 Å². The molecule has 1 fully saturated rings. The van der Waals surface area contributed by atoms with Crippen molar-refractivity contribution < 1.29 is 17.7 Å². The SMILES string of the molecule is CC(C)CC(=O)N1CC(N(CCc2noc(C(C)C)n2)S(C)(=O)=O)C1. The molecule has 1 saturated heterocycles. The molecule has 0 bridgehead atoms. The molecule has 0 unspecified atom stereocenters. The standard InChI is InChI=1S/C16H28N4O4S/c1-11(2)8-15(21)19-9-13(10-19)20(25(5,22)23)7-6-14-17-16(12(3)4)24-18-14/h11-13H,6-10H2,1-5H3. The van der Waals surface area contributed by atoms with Crippen LogP contribution in [-0.4, -0.2) is 65.6 Å². The number of carbonyl (C=O) groups excluding carboxylic acids is 1. The van der Waals surface area contributed by atoms with E-state index in [1.54, 1.807) is 4.90 Å². The summed E-state index contributed by atoms with van der Waals surface area (Å²) < 4.78 is 30.8. The minimum absolute atomic E-state index is 0.0828. The van der Waals surface area contributed by atoms with E-state index in [1.165, 1.54) is 10.6 Å². The van der Waals surface area contributed by atoms with Crippen LogP contribution in [0.1, 0.15) is 51.7 Å². The van der Waals surface area contributed by atoms with Gasteiger partial charge in [-0.25, -0.2) is 8.42 Å². The summed E-state index contributed by atoms with van der Waals surface area (Å²) in [4.78, 5) is 18.0.